The maximum Gasteiger partial charge on any atom is 0.124 e. The Bertz CT molecular complexity index is 291. The minimum atomic E-state index is 0.0196. The molecule has 0 amide bonds. The van der Waals surface area contributed by atoms with E-state index >= 15 is 0 Å². The largest absolute Gasteiger partial charge is 0.398 e. The number of aryl methyl sites for hydroxylation is 1. The van der Waals surface area contributed by atoms with Gasteiger partial charge in [-0.3, -0.25) is 5.41 Å². The standard InChI is InChI=1S/C8H11N3/c1-5-3-2-4-6(7(5)9)8(10)11/h2-4H,9H2,1H3,(H3,10,11). The highest BCUT2D eigenvalue weighted by atomic mass is 14.7. The predicted octanol–water partition coefficient (Wildman–Crippen LogP) is 0.861. The van der Waals surface area contributed by atoms with Crippen molar-refractivity contribution >= 4 is 11.5 Å². The molecule has 0 aliphatic carbocycles. The number of anilines is 1. The molecule has 3 nitrogen and oxygen atoms in total. The van der Waals surface area contributed by atoms with Gasteiger partial charge in [0.25, 0.3) is 0 Å². The first kappa shape index (κ1) is 7.60. The lowest BCUT2D eigenvalue weighted by Gasteiger charge is -2.04. The Morgan fingerprint density at radius 2 is 2.09 bits per heavy atom. The van der Waals surface area contributed by atoms with E-state index in [-0.39, 0.29) is 5.84 Å². The molecule has 0 atom stereocenters. The predicted molar refractivity (Wildman–Crippen MR) is 46.6 cm³/mol. The van der Waals surface area contributed by atoms with Gasteiger partial charge in [-0.05, 0) is 18.6 Å². The van der Waals surface area contributed by atoms with E-state index in [0.29, 0.717) is 11.3 Å². The number of nitrogens with two attached hydrogens (primary N) is 2. The summed E-state index contributed by atoms with van der Waals surface area (Å²) in [5.41, 5.74) is 13.1. The smallest absolute Gasteiger partial charge is 0.124 e. The van der Waals surface area contributed by atoms with Gasteiger partial charge in [0.05, 0.1) is 0 Å². The van der Waals surface area contributed by atoms with Gasteiger partial charge in [0.1, 0.15) is 5.84 Å². The molecule has 0 aromatic heterocycles. The first-order valence-corrected chi connectivity index (χ1v) is 3.32. The summed E-state index contributed by atoms with van der Waals surface area (Å²) in [6.45, 7) is 1.89. The van der Waals surface area contributed by atoms with Crippen molar-refractivity contribution in [2.75, 3.05) is 5.73 Å². The summed E-state index contributed by atoms with van der Waals surface area (Å²) in [5.74, 6) is 0.0196. The van der Waals surface area contributed by atoms with Crippen LogP contribution in [0.1, 0.15) is 11.1 Å². The van der Waals surface area contributed by atoms with Crippen LogP contribution in [-0.2, 0) is 0 Å². The van der Waals surface area contributed by atoms with Crippen molar-refractivity contribution in [1.82, 2.24) is 0 Å². The van der Waals surface area contributed by atoms with Gasteiger partial charge in [-0.2, -0.15) is 0 Å². The summed E-state index contributed by atoms with van der Waals surface area (Å²) < 4.78 is 0. The van der Waals surface area contributed by atoms with Crippen molar-refractivity contribution in [3.05, 3.63) is 29.3 Å². The maximum atomic E-state index is 7.17. The van der Waals surface area contributed by atoms with E-state index in [9.17, 15) is 0 Å². The van der Waals surface area contributed by atoms with Crippen LogP contribution < -0.4 is 11.5 Å². The molecule has 1 rings (SSSR count). The monoisotopic (exact) mass is 149 g/mol. The zero-order chi connectivity index (χ0) is 8.43. The van der Waals surface area contributed by atoms with E-state index in [0.717, 1.165) is 5.56 Å². The van der Waals surface area contributed by atoms with Crippen LogP contribution in [0.25, 0.3) is 0 Å². The topological polar surface area (TPSA) is 75.9 Å². The molecule has 1 aromatic rings. The average Bonchev–Trinajstić information content (AvgIpc) is 1.94. The molecular formula is C8H11N3. The summed E-state index contributed by atoms with van der Waals surface area (Å²) in [7, 11) is 0. The molecule has 0 aliphatic heterocycles. The second kappa shape index (κ2) is 2.62. The second-order valence-electron chi connectivity index (χ2n) is 2.45. The van der Waals surface area contributed by atoms with Crippen LogP contribution in [0.15, 0.2) is 18.2 Å². The fourth-order valence-electron chi connectivity index (χ4n) is 0.916. The van der Waals surface area contributed by atoms with Crippen LogP contribution in [-0.4, -0.2) is 5.84 Å². The summed E-state index contributed by atoms with van der Waals surface area (Å²) >= 11 is 0. The van der Waals surface area contributed by atoms with Gasteiger partial charge in [-0.25, -0.2) is 0 Å². The molecule has 3 heteroatoms. The third-order valence-electron chi connectivity index (χ3n) is 1.61. The Morgan fingerprint density at radius 1 is 1.45 bits per heavy atom. The van der Waals surface area contributed by atoms with Crippen molar-refractivity contribution in [3.63, 3.8) is 0 Å². The van der Waals surface area contributed by atoms with Crippen molar-refractivity contribution < 1.29 is 0 Å². The van der Waals surface area contributed by atoms with Gasteiger partial charge in [0.15, 0.2) is 0 Å². The van der Waals surface area contributed by atoms with Crippen LogP contribution >= 0.6 is 0 Å². The Balaban J connectivity index is 3.27. The summed E-state index contributed by atoms with van der Waals surface area (Å²) in [4.78, 5) is 0. The number of benzene rings is 1. The summed E-state index contributed by atoms with van der Waals surface area (Å²) in [6, 6.07) is 5.47. The molecule has 0 spiro atoms. The quantitative estimate of drug-likeness (QED) is 0.314. The number of rotatable bonds is 1. The van der Waals surface area contributed by atoms with E-state index < -0.39 is 0 Å². The van der Waals surface area contributed by atoms with Crippen LogP contribution in [0.2, 0.25) is 0 Å². The molecule has 0 heterocycles. The number of hydrogen-bond acceptors (Lipinski definition) is 2. The molecule has 0 saturated carbocycles. The van der Waals surface area contributed by atoms with Gasteiger partial charge in [-0.15, -0.1) is 0 Å². The minimum Gasteiger partial charge on any atom is -0.398 e. The second-order valence-corrected chi connectivity index (χ2v) is 2.45. The number of amidine groups is 1. The highest BCUT2D eigenvalue weighted by Crippen LogP contribution is 2.14. The minimum absolute atomic E-state index is 0.0196. The van der Waals surface area contributed by atoms with E-state index in [1.54, 1.807) is 6.07 Å². The molecule has 0 fully saturated rings. The van der Waals surface area contributed by atoms with Gasteiger partial charge in [0, 0.05) is 11.3 Å². The summed E-state index contributed by atoms with van der Waals surface area (Å²) in [5, 5.41) is 7.17. The number of para-hydroxylation sites is 1. The molecular weight excluding hydrogens is 138 g/mol. The number of nitrogen functional groups attached to an aromatic ring is 2. The van der Waals surface area contributed by atoms with Gasteiger partial charge < -0.3 is 11.5 Å². The molecule has 0 saturated heterocycles. The lowest BCUT2D eigenvalue weighted by Crippen LogP contribution is -2.13. The lowest BCUT2D eigenvalue weighted by molar-refractivity contribution is 1.39. The van der Waals surface area contributed by atoms with Crippen molar-refractivity contribution in [3.8, 4) is 0 Å². The molecule has 0 unspecified atom stereocenters. The Labute approximate surface area is 65.5 Å². The van der Waals surface area contributed by atoms with Crippen LogP contribution in [0, 0.1) is 12.3 Å². The fraction of sp³-hybridized carbons (Fsp3) is 0.125. The zero-order valence-electron chi connectivity index (χ0n) is 6.39. The van der Waals surface area contributed by atoms with Crippen LogP contribution in [0.3, 0.4) is 0 Å². The lowest BCUT2D eigenvalue weighted by atomic mass is 10.1. The molecule has 0 aliphatic rings. The molecule has 11 heavy (non-hydrogen) atoms. The molecule has 0 bridgehead atoms. The van der Waals surface area contributed by atoms with Gasteiger partial charge in [0.2, 0.25) is 0 Å². The first-order chi connectivity index (χ1) is 5.13. The van der Waals surface area contributed by atoms with Crippen molar-refractivity contribution in [2.24, 2.45) is 5.73 Å². The van der Waals surface area contributed by atoms with Crippen molar-refractivity contribution in [2.45, 2.75) is 6.92 Å². The molecule has 0 radical (unpaired) electrons. The fourth-order valence-corrected chi connectivity index (χ4v) is 0.916. The zero-order valence-corrected chi connectivity index (χ0v) is 6.39. The Hall–Kier alpha value is -1.51. The van der Waals surface area contributed by atoms with Crippen LogP contribution in [0.4, 0.5) is 5.69 Å². The number of nitrogens with one attached hydrogen (secondary N) is 1. The molecule has 1 aromatic carbocycles. The highest BCUT2D eigenvalue weighted by Gasteiger charge is 2.02. The number of hydrogen-bond donors (Lipinski definition) is 3. The Kier molecular flexibility index (Phi) is 1.81. The normalized spacial score (nSPS) is 9.55. The highest BCUT2D eigenvalue weighted by molar-refractivity contribution is 6.00. The third-order valence-corrected chi connectivity index (χ3v) is 1.61. The van der Waals surface area contributed by atoms with Gasteiger partial charge in [-0.1, -0.05) is 12.1 Å². The average molecular weight is 149 g/mol. The van der Waals surface area contributed by atoms with Crippen molar-refractivity contribution in [1.29, 1.82) is 5.41 Å². The van der Waals surface area contributed by atoms with E-state index in [1.165, 1.54) is 0 Å². The maximum absolute atomic E-state index is 7.17. The SMILES string of the molecule is Cc1cccc(C(=N)N)c1N. The van der Waals surface area contributed by atoms with E-state index in [2.05, 4.69) is 0 Å². The Morgan fingerprint density at radius 3 is 2.55 bits per heavy atom. The van der Waals surface area contributed by atoms with E-state index in [4.69, 9.17) is 16.9 Å². The third kappa shape index (κ3) is 1.32. The van der Waals surface area contributed by atoms with E-state index in [1.807, 2.05) is 19.1 Å². The summed E-state index contributed by atoms with van der Waals surface area (Å²) in [6.07, 6.45) is 0. The first-order valence-electron chi connectivity index (χ1n) is 3.32. The van der Waals surface area contributed by atoms with Crippen LogP contribution in [0.5, 0.6) is 0 Å². The molecule has 5 N–H and O–H groups in total. The molecule has 58 valence electrons. The van der Waals surface area contributed by atoms with Gasteiger partial charge >= 0.3 is 0 Å².